The van der Waals surface area contributed by atoms with Crippen molar-refractivity contribution >= 4 is 23.9 Å². The van der Waals surface area contributed by atoms with Crippen LogP contribution in [0, 0.1) is 0 Å². The number of nitrogens with zero attached hydrogens (tertiary/aromatic N) is 3. The quantitative estimate of drug-likeness (QED) is 0.813. The highest BCUT2D eigenvalue weighted by atomic mass is 32.2. The normalized spacial score (nSPS) is 11.4. The van der Waals surface area contributed by atoms with Crippen LogP contribution in [0.1, 0.15) is 5.89 Å². The maximum Gasteiger partial charge on any atom is 0.471 e. The summed E-state index contributed by atoms with van der Waals surface area (Å²) < 4.78 is 40.9. The van der Waals surface area contributed by atoms with Gasteiger partial charge in [0.25, 0.3) is 0 Å². The summed E-state index contributed by atoms with van der Waals surface area (Å²) in [5.74, 6) is -1.38. The van der Waals surface area contributed by atoms with Crippen molar-refractivity contribution in [3.63, 3.8) is 0 Å². The second-order valence-corrected chi connectivity index (χ2v) is 4.73. The first-order valence-corrected chi connectivity index (χ1v) is 6.09. The van der Waals surface area contributed by atoms with Gasteiger partial charge in [0, 0.05) is 17.6 Å². The number of rotatable bonds is 4. The fraction of sp³-hybridized carbons (Fsp3) is 0.182. The van der Waals surface area contributed by atoms with Gasteiger partial charge in [-0.25, -0.2) is 0 Å². The van der Waals surface area contributed by atoms with Gasteiger partial charge in [-0.2, -0.15) is 18.2 Å². The highest BCUT2D eigenvalue weighted by molar-refractivity contribution is 7.99. The van der Waals surface area contributed by atoms with Crippen molar-refractivity contribution in [3.8, 4) is 0 Å². The average Bonchev–Trinajstić information content (AvgIpc) is 2.87. The summed E-state index contributed by atoms with van der Waals surface area (Å²) in [6.45, 7) is 0. The largest absolute Gasteiger partial charge is 0.471 e. The van der Waals surface area contributed by atoms with E-state index in [0.717, 1.165) is 11.8 Å². The van der Waals surface area contributed by atoms with Crippen molar-refractivity contribution in [3.05, 3.63) is 30.2 Å². The Hall–Kier alpha value is -2.03. The lowest BCUT2D eigenvalue weighted by Gasteiger charge is -2.10. The molecule has 0 spiro atoms. The standard InChI is InChI=1S/C11H8F3N3O2S/c1-17(6-18)7-2-4-8(5-3-7)20-10-15-9(19-16-10)11(12,13)14/h2-6H,1H3. The predicted octanol–water partition coefficient (Wildman–Crippen LogP) is 2.83. The molecule has 20 heavy (non-hydrogen) atoms. The monoisotopic (exact) mass is 303 g/mol. The summed E-state index contributed by atoms with van der Waals surface area (Å²) in [7, 11) is 1.59. The van der Waals surface area contributed by atoms with E-state index < -0.39 is 12.1 Å². The van der Waals surface area contributed by atoms with Crippen molar-refractivity contribution in [1.82, 2.24) is 10.1 Å². The van der Waals surface area contributed by atoms with E-state index in [2.05, 4.69) is 14.7 Å². The van der Waals surface area contributed by atoms with Crippen LogP contribution in [0.15, 0.2) is 38.8 Å². The van der Waals surface area contributed by atoms with E-state index in [-0.39, 0.29) is 5.16 Å². The molecule has 0 fully saturated rings. The van der Waals surface area contributed by atoms with E-state index in [1.165, 1.54) is 4.90 Å². The molecule has 0 bridgehead atoms. The minimum Gasteiger partial charge on any atom is -0.328 e. The average molecular weight is 303 g/mol. The Balaban J connectivity index is 2.10. The van der Waals surface area contributed by atoms with Crippen LogP contribution in [0.25, 0.3) is 0 Å². The SMILES string of the molecule is CN(C=O)c1ccc(Sc2noc(C(F)(F)F)n2)cc1. The number of amides is 1. The van der Waals surface area contributed by atoms with E-state index in [1.54, 1.807) is 31.3 Å². The Morgan fingerprint density at radius 2 is 1.95 bits per heavy atom. The molecule has 5 nitrogen and oxygen atoms in total. The molecule has 0 aliphatic carbocycles. The fourth-order valence-electron chi connectivity index (χ4n) is 1.28. The van der Waals surface area contributed by atoms with Gasteiger partial charge in [-0.05, 0) is 41.2 Å². The molecule has 1 aromatic heterocycles. The van der Waals surface area contributed by atoms with Crippen LogP contribution >= 0.6 is 11.8 Å². The molecule has 1 amide bonds. The molecule has 0 atom stereocenters. The molecule has 1 heterocycles. The molecule has 0 N–H and O–H groups in total. The number of halogens is 3. The number of alkyl halides is 3. The van der Waals surface area contributed by atoms with Gasteiger partial charge in [-0.3, -0.25) is 4.79 Å². The van der Waals surface area contributed by atoms with Gasteiger partial charge >= 0.3 is 12.1 Å². The van der Waals surface area contributed by atoms with Crippen LogP contribution in [-0.2, 0) is 11.0 Å². The van der Waals surface area contributed by atoms with Gasteiger partial charge in [-0.1, -0.05) is 0 Å². The predicted molar refractivity (Wildman–Crippen MR) is 64.3 cm³/mol. The van der Waals surface area contributed by atoms with Crippen LogP contribution in [0.5, 0.6) is 0 Å². The number of aromatic nitrogens is 2. The van der Waals surface area contributed by atoms with E-state index in [9.17, 15) is 18.0 Å². The van der Waals surface area contributed by atoms with Crippen molar-refractivity contribution < 1.29 is 22.5 Å². The Kier molecular flexibility index (Phi) is 3.98. The summed E-state index contributed by atoms with van der Waals surface area (Å²) in [6, 6.07) is 6.59. The molecule has 0 unspecified atom stereocenters. The molecule has 9 heteroatoms. The molecule has 2 rings (SSSR count). The fourth-order valence-corrected chi connectivity index (χ4v) is 1.97. The smallest absolute Gasteiger partial charge is 0.328 e. The first-order chi connectivity index (χ1) is 9.40. The van der Waals surface area contributed by atoms with Crippen molar-refractivity contribution in [2.75, 3.05) is 11.9 Å². The zero-order valence-corrected chi connectivity index (χ0v) is 10.9. The summed E-state index contributed by atoms with van der Waals surface area (Å²) in [5, 5.41) is 3.11. The summed E-state index contributed by atoms with van der Waals surface area (Å²) in [6.07, 6.45) is -4.00. The Labute approximate surface area is 115 Å². The lowest BCUT2D eigenvalue weighted by molar-refractivity contribution is -0.159. The third-order valence-electron chi connectivity index (χ3n) is 2.26. The maximum absolute atomic E-state index is 12.3. The van der Waals surface area contributed by atoms with Crippen LogP contribution < -0.4 is 4.90 Å². The van der Waals surface area contributed by atoms with Gasteiger partial charge in [-0.15, -0.1) is 0 Å². The van der Waals surface area contributed by atoms with Crippen molar-refractivity contribution in [2.24, 2.45) is 0 Å². The topological polar surface area (TPSA) is 59.2 Å². The van der Waals surface area contributed by atoms with Crippen LogP contribution in [-0.4, -0.2) is 23.6 Å². The zero-order chi connectivity index (χ0) is 14.8. The highest BCUT2D eigenvalue weighted by Gasteiger charge is 2.38. The molecule has 0 radical (unpaired) electrons. The van der Waals surface area contributed by atoms with Gasteiger partial charge in [0.1, 0.15) is 0 Å². The van der Waals surface area contributed by atoms with Crippen LogP contribution in [0.3, 0.4) is 0 Å². The molecule has 1 aromatic carbocycles. The molecule has 0 saturated heterocycles. The number of hydrogen-bond acceptors (Lipinski definition) is 5. The van der Waals surface area contributed by atoms with Crippen LogP contribution in [0.4, 0.5) is 18.9 Å². The Morgan fingerprint density at radius 1 is 1.30 bits per heavy atom. The van der Waals surface area contributed by atoms with Crippen molar-refractivity contribution in [2.45, 2.75) is 16.2 Å². The Bertz CT molecular complexity index is 598. The van der Waals surface area contributed by atoms with E-state index in [0.29, 0.717) is 17.0 Å². The lowest BCUT2D eigenvalue weighted by Crippen LogP contribution is -2.13. The summed E-state index contributed by atoms with van der Waals surface area (Å²) in [4.78, 5) is 15.8. The number of carbonyl (C=O) groups excluding carboxylic acids is 1. The molecule has 0 aliphatic rings. The molecule has 106 valence electrons. The first kappa shape index (κ1) is 14.4. The molecular formula is C11H8F3N3O2S. The van der Waals surface area contributed by atoms with E-state index in [4.69, 9.17) is 0 Å². The second-order valence-electron chi connectivity index (χ2n) is 3.69. The number of benzene rings is 1. The zero-order valence-electron chi connectivity index (χ0n) is 10.1. The third-order valence-corrected chi connectivity index (χ3v) is 3.12. The third kappa shape index (κ3) is 3.29. The van der Waals surface area contributed by atoms with Crippen molar-refractivity contribution in [1.29, 1.82) is 0 Å². The number of hydrogen-bond donors (Lipinski definition) is 0. The summed E-state index contributed by atoms with van der Waals surface area (Å²) in [5.41, 5.74) is 0.661. The minimum absolute atomic E-state index is 0.131. The lowest BCUT2D eigenvalue weighted by atomic mass is 10.3. The maximum atomic E-state index is 12.3. The highest BCUT2D eigenvalue weighted by Crippen LogP contribution is 2.31. The number of anilines is 1. The minimum atomic E-state index is -4.65. The molecule has 0 aliphatic heterocycles. The van der Waals surface area contributed by atoms with E-state index in [1.807, 2.05) is 0 Å². The first-order valence-electron chi connectivity index (χ1n) is 5.27. The number of carbonyl (C=O) groups is 1. The van der Waals surface area contributed by atoms with Gasteiger partial charge in [0.05, 0.1) is 0 Å². The summed E-state index contributed by atoms with van der Waals surface area (Å²) >= 11 is 0.930. The van der Waals surface area contributed by atoms with Gasteiger partial charge < -0.3 is 9.42 Å². The molecule has 2 aromatic rings. The van der Waals surface area contributed by atoms with Gasteiger partial charge in [0.2, 0.25) is 11.6 Å². The molecular weight excluding hydrogens is 295 g/mol. The van der Waals surface area contributed by atoms with Crippen LogP contribution in [0.2, 0.25) is 0 Å². The Morgan fingerprint density at radius 3 is 2.45 bits per heavy atom. The molecule has 0 saturated carbocycles. The second kappa shape index (κ2) is 5.53. The van der Waals surface area contributed by atoms with E-state index >= 15 is 0 Å². The van der Waals surface area contributed by atoms with Gasteiger partial charge in [0.15, 0.2) is 0 Å².